The van der Waals surface area contributed by atoms with Crippen LogP contribution < -0.4 is 20.1 Å². The standard InChI is InChI=1S/C20H21N5O3/c1-27-16-2-4-17(5-3-16)28-13-12-22-19-7-6-18(24-25-19)20(26)23-14-15-8-10-21-11-9-15/h2-11H,12-14H2,1H3,(H,22,25)(H,23,26). The summed E-state index contributed by atoms with van der Waals surface area (Å²) >= 11 is 0. The number of nitrogens with zero attached hydrogens (tertiary/aromatic N) is 3. The van der Waals surface area contributed by atoms with E-state index in [9.17, 15) is 4.79 Å². The lowest BCUT2D eigenvalue weighted by atomic mass is 10.2. The van der Waals surface area contributed by atoms with Crippen molar-refractivity contribution in [2.45, 2.75) is 6.54 Å². The zero-order valence-corrected chi connectivity index (χ0v) is 15.5. The monoisotopic (exact) mass is 379 g/mol. The fourth-order valence-corrected chi connectivity index (χ4v) is 2.34. The molecule has 28 heavy (non-hydrogen) atoms. The summed E-state index contributed by atoms with van der Waals surface area (Å²) in [4.78, 5) is 16.1. The van der Waals surface area contributed by atoms with Crippen molar-refractivity contribution in [3.05, 3.63) is 72.2 Å². The molecule has 144 valence electrons. The van der Waals surface area contributed by atoms with Gasteiger partial charge in [-0.25, -0.2) is 0 Å². The van der Waals surface area contributed by atoms with Crippen LogP contribution in [-0.4, -0.2) is 41.3 Å². The molecule has 8 nitrogen and oxygen atoms in total. The van der Waals surface area contributed by atoms with Crippen molar-refractivity contribution >= 4 is 11.7 Å². The van der Waals surface area contributed by atoms with Gasteiger partial charge in [0.1, 0.15) is 23.9 Å². The fraction of sp³-hybridized carbons (Fsp3) is 0.200. The van der Waals surface area contributed by atoms with E-state index >= 15 is 0 Å². The van der Waals surface area contributed by atoms with Crippen LogP contribution in [0.3, 0.4) is 0 Å². The number of nitrogens with one attached hydrogen (secondary N) is 2. The van der Waals surface area contributed by atoms with Crippen molar-refractivity contribution in [3.63, 3.8) is 0 Å². The number of amides is 1. The average Bonchev–Trinajstić information content (AvgIpc) is 2.76. The van der Waals surface area contributed by atoms with Gasteiger partial charge in [0.25, 0.3) is 5.91 Å². The summed E-state index contributed by atoms with van der Waals surface area (Å²) in [5, 5.41) is 13.9. The normalized spacial score (nSPS) is 10.2. The van der Waals surface area contributed by atoms with E-state index in [1.54, 1.807) is 31.6 Å². The third-order valence-electron chi connectivity index (χ3n) is 3.84. The van der Waals surface area contributed by atoms with Crippen LogP contribution >= 0.6 is 0 Å². The van der Waals surface area contributed by atoms with E-state index < -0.39 is 0 Å². The van der Waals surface area contributed by atoms with Crippen LogP contribution in [0.4, 0.5) is 5.82 Å². The molecule has 0 aliphatic carbocycles. The van der Waals surface area contributed by atoms with Crippen LogP contribution in [0.2, 0.25) is 0 Å². The van der Waals surface area contributed by atoms with Crippen molar-refractivity contribution in [2.24, 2.45) is 0 Å². The first kappa shape index (κ1) is 19.1. The highest BCUT2D eigenvalue weighted by Gasteiger charge is 2.08. The Morgan fingerprint density at radius 3 is 2.39 bits per heavy atom. The van der Waals surface area contributed by atoms with E-state index in [0.717, 1.165) is 17.1 Å². The van der Waals surface area contributed by atoms with Gasteiger partial charge < -0.3 is 20.1 Å². The Balaban J connectivity index is 1.40. The van der Waals surface area contributed by atoms with Gasteiger partial charge in [-0.05, 0) is 54.1 Å². The summed E-state index contributed by atoms with van der Waals surface area (Å²) in [6.45, 7) is 1.42. The first-order valence-corrected chi connectivity index (χ1v) is 8.76. The summed E-state index contributed by atoms with van der Waals surface area (Å²) in [5.41, 5.74) is 1.22. The van der Waals surface area contributed by atoms with Crippen molar-refractivity contribution in [3.8, 4) is 11.5 Å². The Kier molecular flexibility index (Phi) is 6.73. The maximum absolute atomic E-state index is 12.1. The van der Waals surface area contributed by atoms with Crippen molar-refractivity contribution in [2.75, 3.05) is 25.6 Å². The second-order valence-electron chi connectivity index (χ2n) is 5.79. The van der Waals surface area contributed by atoms with Crippen molar-refractivity contribution in [1.29, 1.82) is 0 Å². The van der Waals surface area contributed by atoms with Crippen LogP contribution in [0.15, 0.2) is 60.9 Å². The largest absolute Gasteiger partial charge is 0.497 e. The molecule has 0 saturated carbocycles. The highest BCUT2D eigenvalue weighted by Crippen LogP contribution is 2.16. The molecule has 0 radical (unpaired) electrons. The van der Waals surface area contributed by atoms with Gasteiger partial charge in [0.05, 0.1) is 13.7 Å². The fourth-order valence-electron chi connectivity index (χ4n) is 2.34. The summed E-state index contributed by atoms with van der Waals surface area (Å²) in [6.07, 6.45) is 3.36. The van der Waals surface area contributed by atoms with Gasteiger partial charge in [-0.1, -0.05) is 0 Å². The molecule has 0 spiro atoms. The molecule has 0 aliphatic heterocycles. The number of ether oxygens (including phenoxy) is 2. The molecular formula is C20H21N5O3. The number of carbonyl (C=O) groups excluding carboxylic acids is 1. The number of benzene rings is 1. The smallest absolute Gasteiger partial charge is 0.272 e. The number of carbonyl (C=O) groups is 1. The van der Waals surface area contributed by atoms with E-state index in [0.29, 0.717) is 25.5 Å². The quantitative estimate of drug-likeness (QED) is 0.551. The first-order valence-electron chi connectivity index (χ1n) is 8.76. The molecule has 0 fully saturated rings. The zero-order chi connectivity index (χ0) is 19.6. The van der Waals surface area contributed by atoms with E-state index in [2.05, 4.69) is 25.8 Å². The molecule has 0 aliphatic rings. The number of pyridine rings is 1. The van der Waals surface area contributed by atoms with Gasteiger partial charge >= 0.3 is 0 Å². The highest BCUT2D eigenvalue weighted by atomic mass is 16.5. The topological polar surface area (TPSA) is 98.3 Å². The predicted molar refractivity (Wildman–Crippen MR) is 104 cm³/mol. The van der Waals surface area contributed by atoms with Crippen LogP contribution in [0, 0.1) is 0 Å². The van der Waals surface area contributed by atoms with Crippen LogP contribution in [0.25, 0.3) is 0 Å². The minimum atomic E-state index is -0.279. The lowest BCUT2D eigenvalue weighted by Gasteiger charge is -2.09. The summed E-state index contributed by atoms with van der Waals surface area (Å²) in [6, 6.07) is 14.4. The summed E-state index contributed by atoms with van der Waals surface area (Å²) < 4.78 is 10.7. The number of hydrogen-bond donors (Lipinski definition) is 2. The Morgan fingerprint density at radius 2 is 1.71 bits per heavy atom. The Hall–Kier alpha value is -3.68. The van der Waals surface area contributed by atoms with Crippen molar-refractivity contribution < 1.29 is 14.3 Å². The molecule has 1 aromatic carbocycles. The number of rotatable bonds is 9. The van der Waals surface area contributed by atoms with E-state index in [1.807, 2.05) is 36.4 Å². The lowest BCUT2D eigenvalue weighted by molar-refractivity contribution is 0.0945. The minimum absolute atomic E-state index is 0.258. The SMILES string of the molecule is COc1ccc(OCCNc2ccc(C(=O)NCc3ccncc3)nn2)cc1. The molecule has 0 bridgehead atoms. The maximum Gasteiger partial charge on any atom is 0.272 e. The lowest BCUT2D eigenvalue weighted by Crippen LogP contribution is -2.24. The zero-order valence-electron chi connectivity index (χ0n) is 15.5. The van der Waals surface area contributed by atoms with Gasteiger partial charge in [-0.3, -0.25) is 9.78 Å². The average molecular weight is 379 g/mol. The van der Waals surface area contributed by atoms with Gasteiger partial charge in [0.15, 0.2) is 5.69 Å². The van der Waals surface area contributed by atoms with Gasteiger partial charge in [-0.15, -0.1) is 10.2 Å². The van der Waals surface area contributed by atoms with Gasteiger partial charge in [0, 0.05) is 18.9 Å². The Morgan fingerprint density at radius 1 is 0.964 bits per heavy atom. The van der Waals surface area contributed by atoms with Gasteiger partial charge in [0.2, 0.25) is 0 Å². The second kappa shape index (κ2) is 9.86. The number of hydrogen-bond acceptors (Lipinski definition) is 7. The van der Waals surface area contributed by atoms with E-state index in [-0.39, 0.29) is 11.6 Å². The molecule has 2 N–H and O–H groups in total. The van der Waals surface area contributed by atoms with Crippen LogP contribution in [0.5, 0.6) is 11.5 Å². The third-order valence-corrected chi connectivity index (χ3v) is 3.84. The first-order chi connectivity index (χ1) is 13.7. The summed E-state index contributed by atoms with van der Waals surface area (Å²) in [7, 11) is 1.62. The molecule has 2 aromatic heterocycles. The van der Waals surface area contributed by atoms with Crippen LogP contribution in [0.1, 0.15) is 16.1 Å². The summed E-state index contributed by atoms with van der Waals surface area (Å²) in [5.74, 6) is 1.84. The number of anilines is 1. The van der Waals surface area contributed by atoms with Crippen LogP contribution in [-0.2, 0) is 6.54 Å². The van der Waals surface area contributed by atoms with Gasteiger partial charge in [-0.2, -0.15) is 0 Å². The minimum Gasteiger partial charge on any atom is -0.497 e. The Labute approximate surface area is 162 Å². The molecule has 0 unspecified atom stereocenters. The van der Waals surface area contributed by atoms with E-state index in [1.165, 1.54) is 0 Å². The molecule has 3 aromatic rings. The second-order valence-corrected chi connectivity index (χ2v) is 5.79. The number of methoxy groups -OCH3 is 1. The van der Waals surface area contributed by atoms with Crippen molar-refractivity contribution in [1.82, 2.24) is 20.5 Å². The molecule has 1 amide bonds. The third kappa shape index (κ3) is 5.66. The maximum atomic E-state index is 12.1. The highest BCUT2D eigenvalue weighted by molar-refractivity contribution is 5.92. The molecule has 8 heteroatoms. The molecule has 3 rings (SSSR count). The Bertz CT molecular complexity index is 871. The molecule has 2 heterocycles. The van der Waals surface area contributed by atoms with E-state index in [4.69, 9.17) is 9.47 Å². The molecule has 0 atom stereocenters. The molecular weight excluding hydrogens is 358 g/mol. The molecule has 0 saturated heterocycles. The predicted octanol–water partition coefficient (Wildman–Crippen LogP) is 2.30. The number of aromatic nitrogens is 3.